The molecule has 0 radical (unpaired) electrons. The molecule has 0 fully saturated rings. The van der Waals surface area contributed by atoms with Crippen molar-refractivity contribution in [3.8, 4) is 27.9 Å². The zero-order valence-corrected chi connectivity index (χ0v) is 35.0. The zero-order valence-electron chi connectivity index (χ0n) is 35.0. The summed E-state index contributed by atoms with van der Waals surface area (Å²) in [5.74, 6) is 0. The molecule has 1 aromatic heterocycles. The second-order valence-corrected chi connectivity index (χ2v) is 17.5. The fourth-order valence-corrected chi connectivity index (χ4v) is 12.4. The highest BCUT2D eigenvalue weighted by atomic mass is 15.1. The van der Waals surface area contributed by atoms with Crippen molar-refractivity contribution in [3.63, 3.8) is 0 Å². The number of nitrogens with zero attached hydrogens (tertiary/aromatic N) is 2. The van der Waals surface area contributed by atoms with Gasteiger partial charge in [-0.1, -0.05) is 200 Å². The number of benzene rings is 10. The Morgan fingerprint density at radius 2 is 0.875 bits per heavy atom. The van der Waals surface area contributed by atoms with Gasteiger partial charge in [0.15, 0.2) is 0 Å². The maximum atomic E-state index is 2.52. The molecule has 1 unspecified atom stereocenters. The lowest BCUT2D eigenvalue weighted by Crippen LogP contribution is -2.33. The van der Waals surface area contributed by atoms with Crippen molar-refractivity contribution in [2.24, 2.45) is 0 Å². The molecule has 0 saturated heterocycles. The number of hydrogen-bond acceptors (Lipinski definition) is 1. The van der Waals surface area contributed by atoms with Crippen LogP contribution in [0, 0.1) is 0 Å². The summed E-state index contributed by atoms with van der Waals surface area (Å²) in [6.45, 7) is 0. The number of rotatable bonds is 5. The summed E-state index contributed by atoms with van der Waals surface area (Å²) in [5.41, 5.74) is 21.6. The molecule has 0 bridgehead atoms. The molecule has 0 saturated carbocycles. The van der Waals surface area contributed by atoms with Crippen molar-refractivity contribution in [1.29, 1.82) is 0 Å². The van der Waals surface area contributed by atoms with Crippen molar-refractivity contribution < 1.29 is 0 Å². The number of aromatic nitrogens is 1. The van der Waals surface area contributed by atoms with Crippen LogP contribution in [0.1, 0.15) is 44.5 Å². The Labute approximate surface area is 372 Å². The van der Waals surface area contributed by atoms with E-state index in [0.29, 0.717) is 0 Å². The van der Waals surface area contributed by atoms with Crippen LogP contribution < -0.4 is 4.90 Å². The van der Waals surface area contributed by atoms with Crippen molar-refractivity contribution in [1.82, 2.24) is 4.57 Å². The minimum atomic E-state index is -0.513. The summed E-state index contributed by atoms with van der Waals surface area (Å²) < 4.78 is 2.52. The lowest BCUT2D eigenvalue weighted by Gasteiger charge is -2.39. The SMILES string of the molecule is c1ccc(N(c2ccc3c(c2)-c2ccccc2C32c3ccccc3-n3c4ccccc4c4cccc2c43)c2cccc3c2-c2ccccc2C3(c2ccccc2)c2ccccc2)cc1. The van der Waals surface area contributed by atoms with Crippen LogP contribution in [0.2, 0.25) is 0 Å². The third-order valence-corrected chi connectivity index (χ3v) is 14.7. The average Bonchev–Trinajstić information content (AvgIpc) is 3.98. The molecular formula is C62H40N2. The largest absolute Gasteiger partial charge is 0.310 e. The molecule has 10 aromatic carbocycles. The first kappa shape index (κ1) is 35.4. The highest BCUT2D eigenvalue weighted by Crippen LogP contribution is 2.63. The van der Waals surface area contributed by atoms with Crippen LogP contribution in [0.4, 0.5) is 17.1 Å². The fourth-order valence-electron chi connectivity index (χ4n) is 12.4. The van der Waals surface area contributed by atoms with Crippen LogP contribution in [0.5, 0.6) is 0 Å². The van der Waals surface area contributed by atoms with Crippen molar-refractivity contribution >= 4 is 38.9 Å². The Kier molecular flexibility index (Phi) is 7.28. The van der Waals surface area contributed by atoms with Gasteiger partial charge in [-0.3, -0.25) is 0 Å². The summed E-state index contributed by atoms with van der Waals surface area (Å²) in [6, 6.07) is 90.6. The van der Waals surface area contributed by atoms with Gasteiger partial charge in [0.1, 0.15) is 0 Å². The van der Waals surface area contributed by atoms with E-state index in [-0.39, 0.29) is 0 Å². The molecule has 3 aliphatic rings. The van der Waals surface area contributed by atoms with Gasteiger partial charge >= 0.3 is 0 Å². The second kappa shape index (κ2) is 13.2. The van der Waals surface area contributed by atoms with Gasteiger partial charge in [-0.15, -0.1) is 0 Å². The third kappa shape index (κ3) is 4.39. The summed E-state index contributed by atoms with van der Waals surface area (Å²) in [5, 5.41) is 2.58. The normalized spacial score (nSPS) is 15.7. The highest BCUT2D eigenvalue weighted by molar-refractivity contribution is 6.13. The smallest absolute Gasteiger partial charge is 0.0754 e. The van der Waals surface area contributed by atoms with Crippen molar-refractivity contribution in [3.05, 3.63) is 287 Å². The number of hydrogen-bond donors (Lipinski definition) is 0. The first-order valence-corrected chi connectivity index (χ1v) is 22.4. The van der Waals surface area contributed by atoms with E-state index in [0.717, 1.165) is 17.1 Å². The highest BCUT2D eigenvalue weighted by Gasteiger charge is 2.51. The van der Waals surface area contributed by atoms with E-state index in [2.05, 4.69) is 252 Å². The Morgan fingerprint density at radius 3 is 1.64 bits per heavy atom. The van der Waals surface area contributed by atoms with E-state index in [1.807, 2.05) is 0 Å². The van der Waals surface area contributed by atoms with Gasteiger partial charge in [-0.05, 0) is 104 Å². The lowest BCUT2D eigenvalue weighted by atomic mass is 9.65. The van der Waals surface area contributed by atoms with E-state index in [1.165, 1.54) is 94.3 Å². The minimum absolute atomic E-state index is 0.506. The van der Waals surface area contributed by atoms with Crippen LogP contribution in [0.15, 0.2) is 243 Å². The Morgan fingerprint density at radius 1 is 0.328 bits per heavy atom. The first-order valence-electron chi connectivity index (χ1n) is 22.4. The molecule has 2 nitrogen and oxygen atoms in total. The van der Waals surface area contributed by atoms with Gasteiger partial charge in [0.25, 0.3) is 0 Å². The summed E-state index contributed by atoms with van der Waals surface area (Å²) in [6.07, 6.45) is 0. The van der Waals surface area contributed by atoms with Crippen LogP contribution in [0.3, 0.4) is 0 Å². The van der Waals surface area contributed by atoms with E-state index in [1.54, 1.807) is 0 Å². The molecule has 1 atom stereocenters. The molecule has 2 heterocycles. The molecule has 64 heavy (non-hydrogen) atoms. The maximum Gasteiger partial charge on any atom is 0.0754 e. The Hall–Kier alpha value is -8.20. The van der Waals surface area contributed by atoms with E-state index in [4.69, 9.17) is 0 Å². The zero-order chi connectivity index (χ0) is 42.0. The summed E-state index contributed by atoms with van der Waals surface area (Å²) >= 11 is 0. The standard InChI is InChI=1S/C62H40N2/c1-4-20-41(21-5-1)61(42-22-6-2-7-23-42)51-31-14-11-28-48(51)59-54(61)33-19-37-58(59)63(43-24-8-3-9-25-43)44-38-39-52-49(40-44)45-26-10-13-30-50(45)62(52)53-32-15-17-36-57(53)64-56-35-16-12-27-46(56)47-29-18-34-55(62)60(47)64/h1-40H. The number of para-hydroxylation sites is 4. The lowest BCUT2D eigenvalue weighted by molar-refractivity contribution is 0.748. The molecular weight excluding hydrogens is 773 g/mol. The molecule has 1 aliphatic heterocycles. The average molecular weight is 813 g/mol. The molecule has 1 spiro atoms. The van der Waals surface area contributed by atoms with Crippen molar-refractivity contribution in [2.45, 2.75) is 10.8 Å². The number of fused-ring (bicyclic) bond motifs is 15. The molecule has 298 valence electrons. The first-order chi connectivity index (χ1) is 31.8. The van der Waals surface area contributed by atoms with Crippen LogP contribution >= 0.6 is 0 Å². The van der Waals surface area contributed by atoms with Gasteiger partial charge < -0.3 is 9.47 Å². The van der Waals surface area contributed by atoms with Crippen LogP contribution in [-0.4, -0.2) is 4.57 Å². The predicted molar refractivity (Wildman–Crippen MR) is 264 cm³/mol. The summed E-state index contributed by atoms with van der Waals surface area (Å²) in [7, 11) is 0. The topological polar surface area (TPSA) is 8.17 Å². The third-order valence-electron chi connectivity index (χ3n) is 14.7. The van der Waals surface area contributed by atoms with Gasteiger partial charge in [-0.2, -0.15) is 0 Å². The summed E-state index contributed by atoms with van der Waals surface area (Å²) in [4.78, 5) is 2.50. The quantitative estimate of drug-likeness (QED) is 0.168. The van der Waals surface area contributed by atoms with Crippen LogP contribution in [0.25, 0.3) is 49.7 Å². The number of anilines is 3. The molecule has 11 aromatic rings. The molecule has 2 heteroatoms. The van der Waals surface area contributed by atoms with E-state index < -0.39 is 10.8 Å². The predicted octanol–water partition coefficient (Wildman–Crippen LogP) is 15.3. The van der Waals surface area contributed by atoms with Gasteiger partial charge in [0.05, 0.1) is 33.2 Å². The Balaban J connectivity index is 1.05. The Bertz CT molecular complexity index is 3640. The molecule has 2 aliphatic carbocycles. The fraction of sp³-hybridized carbons (Fsp3) is 0.0323. The molecule has 14 rings (SSSR count). The second-order valence-electron chi connectivity index (χ2n) is 17.5. The van der Waals surface area contributed by atoms with Crippen LogP contribution in [-0.2, 0) is 10.8 Å². The monoisotopic (exact) mass is 812 g/mol. The maximum absolute atomic E-state index is 2.52. The van der Waals surface area contributed by atoms with E-state index >= 15 is 0 Å². The van der Waals surface area contributed by atoms with Gasteiger partial charge in [-0.25, -0.2) is 0 Å². The molecule has 0 N–H and O–H groups in total. The minimum Gasteiger partial charge on any atom is -0.310 e. The van der Waals surface area contributed by atoms with Crippen molar-refractivity contribution in [2.75, 3.05) is 4.90 Å². The van der Waals surface area contributed by atoms with Gasteiger partial charge in [0, 0.05) is 27.7 Å². The van der Waals surface area contributed by atoms with Gasteiger partial charge in [0.2, 0.25) is 0 Å². The van der Waals surface area contributed by atoms with E-state index in [9.17, 15) is 0 Å². The molecule has 0 amide bonds.